The SMILES string of the molecule is Cc1ccc(O)cc1-c1ccc(C(=O)NC2CCCCC2)nc1-c1ccc(Cl)c(OCCCN(C)C)c1.Cl.O=C(O)O. The van der Waals surface area contributed by atoms with Crippen LogP contribution in [0.25, 0.3) is 22.4 Å². The third kappa shape index (κ3) is 10.4. The lowest BCUT2D eigenvalue weighted by molar-refractivity contribution is 0.0922. The summed E-state index contributed by atoms with van der Waals surface area (Å²) in [6.45, 7) is 3.44. The van der Waals surface area contributed by atoms with E-state index < -0.39 is 6.16 Å². The van der Waals surface area contributed by atoms with Crippen molar-refractivity contribution in [1.29, 1.82) is 0 Å². The summed E-state index contributed by atoms with van der Waals surface area (Å²) in [5.41, 5.74) is 4.46. The van der Waals surface area contributed by atoms with Crippen molar-refractivity contribution in [3.63, 3.8) is 0 Å². The largest absolute Gasteiger partial charge is 0.508 e. The minimum absolute atomic E-state index is 0. The topological polar surface area (TPSA) is 132 Å². The van der Waals surface area contributed by atoms with Crippen LogP contribution < -0.4 is 10.1 Å². The number of ether oxygens (including phenoxy) is 1. The number of phenols is 1. The Hall–Kier alpha value is -3.53. The van der Waals surface area contributed by atoms with Crippen LogP contribution in [0.4, 0.5) is 4.79 Å². The normalized spacial score (nSPS) is 13.0. The lowest BCUT2D eigenvalue weighted by atomic mass is 9.94. The predicted octanol–water partition coefficient (Wildman–Crippen LogP) is 7.12. The van der Waals surface area contributed by atoms with Crippen molar-refractivity contribution in [3.05, 3.63) is 64.8 Å². The number of amides is 1. The van der Waals surface area contributed by atoms with Crippen LogP contribution in [0.5, 0.6) is 11.5 Å². The molecule has 1 fully saturated rings. The Balaban J connectivity index is 0.00000116. The molecule has 1 saturated carbocycles. The number of carbonyl (C=O) groups excluding carboxylic acids is 1. The number of halogens is 2. The number of hydrogen-bond donors (Lipinski definition) is 4. The second-order valence-electron chi connectivity index (χ2n) is 10.3. The maximum absolute atomic E-state index is 13.2. The van der Waals surface area contributed by atoms with Gasteiger partial charge in [-0.3, -0.25) is 4.79 Å². The minimum Gasteiger partial charge on any atom is -0.508 e. The van der Waals surface area contributed by atoms with Gasteiger partial charge in [0.15, 0.2) is 0 Å². The molecular weight excluding hydrogens is 581 g/mol. The molecule has 1 heterocycles. The van der Waals surface area contributed by atoms with E-state index >= 15 is 0 Å². The molecule has 1 aromatic heterocycles. The highest BCUT2D eigenvalue weighted by Gasteiger charge is 2.20. The van der Waals surface area contributed by atoms with E-state index in [-0.39, 0.29) is 30.1 Å². The highest BCUT2D eigenvalue weighted by atomic mass is 35.5. The molecule has 1 aliphatic carbocycles. The van der Waals surface area contributed by atoms with Gasteiger partial charge in [-0.2, -0.15) is 0 Å². The fourth-order valence-electron chi connectivity index (χ4n) is 4.75. The first-order valence-corrected chi connectivity index (χ1v) is 14.0. The van der Waals surface area contributed by atoms with Gasteiger partial charge in [0, 0.05) is 23.7 Å². The molecule has 4 N–H and O–H groups in total. The zero-order valence-electron chi connectivity index (χ0n) is 24.1. The van der Waals surface area contributed by atoms with Gasteiger partial charge in [-0.05, 0) is 87.8 Å². The van der Waals surface area contributed by atoms with Crippen molar-refractivity contribution in [2.75, 3.05) is 27.2 Å². The Morgan fingerprint density at radius 3 is 2.38 bits per heavy atom. The number of aromatic hydroxyl groups is 1. The van der Waals surface area contributed by atoms with E-state index in [9.17, 15) is 9.90 Å². The summed E-state index contributed by atoms with van der Waals surface area (Å²) in [6, 6.07) is 14.7. The van der Waals surface area contributed by atoms with E-state index in [2.05, 4.69) is 10.2 Å². The van der Waals surface area contributed by atoms with E-state index in [1.54, 1.807) is 24.3 Å². The Labute approximate surface area is 257 Å². The van der Waals surface area contributed by atoms with Gasteiger partial charge in [-0.1, -0.05) is 43.0 Å². The number of nitrogens with one attached hydrogen (secondary N) is 1. The Morgan fingerprint density at radius 1 is 1.02 bits per heavy atom. The first-order chi connectivity index (χ1) is 19.5. The fourth-order valence-corrected chi connectivity index (χ4v) is 4.93. The summed E-state index contributed by atoms with van der Waals surface area (Å²) in [7, 11) is 4.06. The smallest absolute Gasteiger partial charge is 0.503 e. The molecule has 0 radical (unpaired) electrons. The molecule has 3 aromatic rings. The van der Waals surface area contributed by atoms with Crippen molar-refractivity contribution in [1.82, 2.24) is 15.2 Å². The van der Waals surface area contributed by atoms with Gasteiger partial charge >= 0.3 is 6.16 Å². The number of rotatable bonds is 9. The molecule has 11 heteroatoms. The summed E-state index contributed by atoms with van der Waals surface area (Å²) >= 11 is 6.47. The molecule has 0 unspecified atom stereocenters. The monoisotopic (exact) mass is 619 g/mol. The average Bonchev–Trinajstić information content (AvgIpc) is 2.93. The Morgan fingerprint density at radius 2 is 1.71 bits per heavy atom. The van der Waals surface area contributed by atoms with E-state index in [1.807, 2.05) is 45.3 Å². The van der Waals surface area contributed by atoms with Gasteiger partial charge in [0.05, 0.1) is 17.3 Å². The lowest BCUT2D eigenvalue weighted by Crippen LogP contribution is -2.36. The van der Waals surface area contributed by atoms with Crippen LogP contribution >= 0.6 is 24.0 Å². The Bertz CT molecular complexity index is 1340. The van der Waals surface area contributed by atoms with E-state index in [1.165, 1.54) is 6.42 Å². The van der Waals surface area contributed by atoms with E-state index in [4.69, 9.17) is 36.3 Å². The van der Waals surface area contributed by atoms with Gasteiger partial charge in [0.25, 0.3) is 5.91 Å². The number of hydrogen-bond acceptors (Lipinski definition) is 6. The number of nitrogens with zero attached hydrogens (tertiary/aromatic N) is 2. The first kappa shape index (κ1) is 34.7. The number of benzene rings is 2. The zero-order valence-corrected chi connectivity index (χ0v) is 25.7. The molecule has 0 saturated heterocycles. The molecule has 2 aromatic carbocycles. The number of aryl methyl sites for hydroxylation is 1. The van der Waals surface area contributed by atoms with Crippen LogP contribution in [0, 0.1) is 6.92 Å². The second kappa shape index (κ2) is 16.8. The molecule has 42 heavy (non-hydrogen) atoms. The van der Waals surface area contributed by atoms with Crippen LogP contribution in [0.1, 0.15) is 54.6 Å². The van der Waals surface area contributed by atoms with Gasteiger partial charge in [-0.15, -0.1) is 12.4 Å². The number of pyridine rings is 1. The fraction of sp³-hybridized carbons (Fsp3) is 0.387. The zero-order chi connectivity index (χ0) is 29.9. The molecule has 1 aliphatic rings. The maximum atomic E-state index is 13.2. The number of carboxylic acid groups (broad SMARTS) is 2. The van der Waals surface area contributed by atoms with Gasteiger partial charge < -0.3 is 30.3 Å². The Kier molecular flexibility index (Phi) is 13.9. The van der Waals surface area contributed by atoms with Gasteiger partial charge in [0.1, 0.15) is 17.2 Å². The molecular formula is C31H39Cl2N3O6. The van der Waals surface area contributed by atoms with Gasteiger partial charge in [-0.25, -0.2) is 9.78 Å². The third-order valence-electron chi connectivity index (χ3n) is 6.79. The summed E-state index contributed by atoms with van der Waals surface area (Å²) < 4.78 is 6.01. The minimum atomic E-state index is -1.83. The lowest BCUT2D eigenvalue weighted by Gasteiger charge is -2.23. The van der Waals surface area contributed by atoms with Crippen molar-refractivity contribution in [2.24, 2.45) is 0 Å². The van der Waals surface area contributed by atoms with Crippen LogP contribution in [0.3, 0.4) is 0 Å². The summed E-state index contributed by atoms with van der Waals surface area (Å²) in [5.74, 6) is 0.587. The van der Waals surface area contributed by atoms with E-state index in [0.29, 0.717) is 28.8 Å². The molecule has 0 spiro atoms. The van der Waals surface area contributed by atoms with Crippen LogP contribution in [0.15, 0.2) is 48.5 Å². The summed E-state index contributed by atoms with van der Waals surface area (Å²) in [5, 5.41) is 27.8. The highest BCUT2D eigenvalue weighted by molar-refractivity contribution is 6.32. The number of carbonyl (C=O) groups is 2. The highest BCUT2D eigenvalue weighted by Crippen LogP contribution is 2.37. The van der Waals surface area contributed by atoms with Crippen LogP contribution in [-0.4, -0.2) is 70.6 Å². The maximum Gasteiger partial charge on any atom is 0.503 e. The second-order valence-corrected chi connectivity index (χ2v) is 10.7. The van der Waals surface area contributed by atoms with Crippen molar-refractivity contribution < 1.29 is 29.6 Å². The molecule has 9 nitrogen and oxygen atoms in total. The van der Waals surface area contributed by atoms with Gasteiger partial charge in [0.2, 0.25) is 0 Å². The molecule has 0 aliphatic heterocycles. The third-order valence-corrected chi connectivity index (χ3v) is 7.10. The summed E-state index contributed by atoms with van der Waals surface area (Å²) in [6.07, 6.45) is 4.55. The first-order valence-electron chi connectivity index (χ1n) is 13.7. The molecule has 4 rings (SSSR count). The van der Waals surface area contributed by atoms with Crippen molar-refractivity contribution >= 4 is 36.1 Å². The molecule has 0 atom stereocenters. The predicted molar refractivity (Wildman–Crippen MR) is 167 cm³/mol. The molecule has 228 valence electrons. The van der Waals surface area contributed by atoms with Crippen molar-refractivity contribution in [2.45, 2.75) is 51.5 Å². The van der Waals surface area contributed by atoms with Crippen LogP contribution in [-0.2, 0) is 0 Å². The van der Waals surface area contributed by atoms with Crippen molar-refractivity contribution in [3.8, 4) is 33.9 Å². The molecule has 1 amide bonds. The average molecular weight is 621 g/mol. The number of phenolic OH excluding ortho intramolecular Hbond substituents is 1. The standard InChI is InChI=1S/C30H36ClN3O3.CH2O3.ClH/c1-20-10-12-23(35)19-25(20)24-13-15-27(30(36)32-22-8-5-4-6-9-22)33-29(24)21-11-14-26(31)28(18-21)37-17-7-16-34(2)3;2-1(3)4;/h10-15,18-19,22,35H,4-9,16-17H2,1-3H3,(H,32,36);(H2,2,3,4);1H. The van der Waals surface area contributed by atoms with E-state index in [0.717, 1.165) is 60.9 Å². The van der Waals surface area contributed by atoms with Crippen LogP contribution in [0.2, 0.25) is 5.02 Å². The molecule has 0 bridgehead atoms. The quantitative estimate of drug-likeness (QED) is 0.186. The summed E-state index contributed by atoms with van der Waals surface area (Å²) in [4.78, 5) is 28.7. The number of aromatic nitrogens is 1.